The van der Waals surface area contributed by atoms with Crippen LogP contribution < -0.4 is 0 Å². The lowest BCUT2D eigenvalue weighted by Crippen LogP contribution is -2.36. The first-order valence-corrected chi connectivity index (χ1v) is 8.89. The van der Waals surface area contributed by atoms with Crippen molar-refractivity contribution in [1.82, 2.24) is 4.90 Å². The fourth-order valence-corrected chi connectivity index (χ4v) is 3.35. The molecule has 4 nitrogen and oxygen atoms in total. The van der Waals surface area contributed by atoms with E-state index in [1.54, 1.807) is 24.3 Å². The molecule has 27 heavy (non-hydrogen) atoms. The number of benzene rings is 3. The van der Waals surface area contributed by atoms with E-state index in [1.165, 1.54) is 4.90 Å². The Balaban J connectivity index is 1.59. The lowest BCUT2D eigenvalue weighted by molar-refractivity contribution is 0.0359. The zero-order chi connectivity index (χ0) is 18.6. The van der Waals surface area contributed by atoms with E-state index in [-0.39, 0.29) is 18.4 Å². The van der Waals surface area contributed by atoms with Gasteiger partial charge in [-0.2, -0.15) is 0 Å². The second kappa shape index (κ2) is 7.56. The van der Waals surface area contributed by atoms with Gasteiger partial charge in [0.1, 0.15) is 0 Å². The van der Waals surface area contributed by atoms with Gasteiger partial charge in [0.05, 0.1) is 30.4 Å². The summed E-state index contributed by atoms with van der Waals surface area (Å²) in [7, 11) is 0. The molecule has 3 aromatic rings. The van der Waals surface area contributed by atoms with Crippen LogP contribution in [0.3, 0.4) is 0 Å². The molecule has 0 aromatic heterocycles. The molecule has 0 N–H and O–H groups in total. The van der Waals surface area contributed by atoms with Gasteiger partial charge in [0.25, 0.3) is 11.8 Å². The van der Waals surface area contributed by atoms with E-state index >= 15 is 0 Å². The van der Waals surface area contributed by atoms with Crippen LogP contribution in [0.2, 0.25) is 0 Å². The van der Waals surface area contributed by atoms with Crippen LogP contribution >= 0.6 is 0 Å². The van der Waals surface area contributed by atoms with Crippen LogP contribution in [0, 0.1) is 0 Å². The molecule has 1 aliphatic heterocycles. The van der Waals surface area contributed by atoms with Crippen molar-refractivity contribution < 1.29 is 14.3 Å². The maximum atomic E-state index is 12.9. The molecule has 4 rings (SSSR count). The van der Waals surface area contributed by atoms with Crippen LogP contribution in [0.1, 0.15) is 37.9 Å². The van der Waals surface area contributed by atoms with Gasteiger partial charge in [-0.3, -0.25) is 14.5 Å². The lowest BCUT2D eigenvalue weighted by atomic mass is 10.1. The summed E-state index contributed by atoms with van der Waals surface area (Å²) in [5.74, 6) is -0.541. The molecular formula is C23H19NO3. The SMILES string of the molecule is O=C1c2ccccc2C(=O)N1C(COCc1ccccc1)c1ccccc1. The van der Waals surface area contributed by atoms with Gasteiger partial charge in [0.2, 0.25) is 0 Å². The molecule has 1 unspecified atom stereocenters. The molecule has 2 amide bonds. The Bertz CT molecular complexity index is 919. The molecule has 0 spiro atoms. The number of rotatable bonds is 6. The zero-order valence-corrected chi connectivity index (χ0v) is 14.7. The molecule has 1 atom stereocenters. The number of nitrogens with zero attached hydrogens (tertiary/aromatic N) is 1. The minimum atomic E-state index is -0.470. The van der Waals surface area contributed by atoms with Gasteiger partial charge < -0.3 is 4.74 Å². The van der Waals surface area contributed by atoms with Crippen LogP contribution in [-0.4, -0.2) is 23.3 Å². The molecule has 4 heteroatoms. The number of carbonyl (C=O) groups excluding carboxylic acids is 2. The summed E-state index contributed by atoms with van der Waals surface area (Å²) >= 11 is 0. The lowest BCUT2D eigenvalue weighted by Gasteiger charge is -2.26. The third-order valence-electron chi connectivity index (χ3n) is 4.71. The number of imide groups is 1. The summed E-state index contributed by atoms with van der Waals surface area (Å²) < 4.78 is 5.90. The predicted molar refractivity (Wildman–Crippen MR) is 102 cm³/mol. The maximum Gasteiger partial charge on any atom is 0.262 e. The molecule has 1 heterocycles. The van der Waals surface area contributed by atoms with E-state index in [2.05, 4.69) is 0 Å². The van der Waals surface area contributed by atoms with Crippen LogP contribution in [0.5, 0.6) is 0 Å². The summed E-state index contributed by atoms with van der Waals surface area (Å²) in [6, 6.07) is 25.9. The Labute approximate surface area is 158 Å². The highest BCUT2D eigenvalue weighted by molar-refractivity contribution is 6.21. The minimum absolute atomic E-state index is 0.240. The van der Waals surface area contributed by atoms with E-state index in [0.29, 0.717) is 17.7 Å². The standard InChI is InChI=1S/C23H19NO3/c25-22-19-13-7-8-14-20(19)23(26)24(22)21(18-11-5-2-6-12-18)16-27-15-17-9-3-1-4-10-17/h1-14,21H,15-16H2. The summed E-state index contributed by atoms with van der Waals surface area (Å²) in [5.41, 5.74) is 2.82. The van der Waals surface area contributed by atoms with Crippen molar-refractivity contribution in [3.05, 3.63) is 107 Å². The van der Waals surface area contributed by atoms with Crippen LogP contribution in [0.15, 0.2) is 84.9 Å². The fraction of sp³-hybridized carbons (Fsp3) is 0.130. The van der Waals surface area contributed by atoms with Crippen LogP contribution in [0.25, 0.3) is 0 Å². The molecule has 134 valence electrons. The van der Waals surface area contributed by atoms with Crippen molar-refractivity contribution in [1.29, 1.82) is 0 Å². The first-order valence-electron chi connectivity index (χ1n) is 8.89. The molecule has 0 bridgehead atoms. The van der Waals surface area contributed by atoms with E-state index in [9.17, 15) is 9.59 Å². The highest BCUT2D eigenvalue weighted by Crippen LogP contribution is 2.31. The number of fused-ring (bicyclic) bond motifs is 1. The van der Waals surface area contributed by atoms with Gasteiger partial charge in [-0.05, 0) is 23.3 Å². The second-order valence-electron chi connectivity index (χ2n) is 6.45. The van der Waals surface area contributed by atoms with Crippen LogP contribution in [0.4, 0.5) is 0 Å². The van der Waals surface area contributed by atoms with Gasteiger partial charge in [0, 0.05) is 0 Å². The molecular weight excluding hydrogens is 338 g/mol. The number of amides is 2. The molecule has 0 aliphatic carbocycles. The monoisotopic (exact) mass is 357 g/mol. The second-order valence-corrected chi connectivity index (χ2v) is 6.45. The predicted octanol–water partition coefficient (Wildman–Crippen LogP) is 4.24. The number of ether oxygens (including phenoxy) is 1. The zero-order valence-electron chi connectivity index (χ0n) is 14.7. The van der Waals surface area contributed by atoms with Crippen LogP contribution in [-0.2, 0) is 11.3 Å². The van der Waals surface area contributed by atoms with E-state index in [4.69, 9.17) is 4.74 Å². The third kappa shape index (κ3) is 3.39. The molecule has 0 saturated heterocycles. The summed E-state index contributed by atoms with van der Waals surface area (Å²) in [4.78, 5) is 27.1. The Morgan fingerprint density at radius 1 is 0.704 bits per heavy atom. The van der Waals surface area contributed by atoms with Crippen molar-refractivity contribution in [2.24, 2.45) is 0 Å². The van der Waals surface area contributed by atoms with Crippen molar-refractivity contribution in [2.45, 2.75) is 12.6 Å². The minimum Gasteiger partial charge on any atom is -0.374 e. The number of carbonyl (C=O) groups is 2. The van der Waals surface area contributed by atoms with E-state index in [1.807, 2.05) is 60.7 Å². The molecule has 1 aliphatic rings. The topological polar surface area (TPSA) is 46.6 Å². The van der Waals surface area contributed by atoms with Crippen molar-refractivity contribution in [2.75, 3.05) is 6.61 Å². The Hall–Kier alpha value is -3.24. The quantitative estimate of drug-likeness (QED) is 0.620. The number of hydrogen-bond donors (Lipinski definition) is 0. The smallest absolute Gasteiger partial charge is 0.262 e. The van der Waals surface area contributed by atoms with Crippen molar-refractivity contribution in [3.63, 3.8) is 0 Å². The van der Waals surface area contributed by atoms with E-state index in [0.717, 1.165) is 11.1 Å². The summed E-state index contributed by atoms with van der Waals surface area (Å²) in [5, 5.41) is 0. The highest BCUT2D eigenvalue weighted by atomic mass is 16.5. The number of hydrogen-bond acceptors (Lipinski definition) is 3. The summed E-state index contributed by atoms with van der Waals surface area (Å²) in [6.07, 6.45) is 0. The molecule has 3 aromatic carbocycles. The van der Waals surface area contributed by atoms with Gasteiger partial charge in [-0.15, -0.1) is 0 Å². The Morgan fingerprint density at radius 3 is 1.81 bits per heavy atom. The largest absolute Gasteiger partial charge is 0.374 e. The normalized spacial score (nSPS) is 14.3. The average Bonchev–Trinajstić information content (AvgIpc) is 2.98. The first kappa shape index (κ1) is 17.2. The van der Waals surface area contributed by atoms with Gasteiger partial charge >= 0.3 is 0 Å². The molecule has 0 saturated carbocycles. The molecule has 0 fully saturated rings. The van der Waals surface area contributed by atoms with Crippen molar-refractivity contribution in [3.8, 4) is 0 Å². The van der Waals surface area contributed by atoms with Gasteiger partial charge in [-0.25, -0.2) is 0 Å². The van der Waals surface area contributed by atoms with E-state index < -0.39 is 6.04 Å². The molecule has 0 radical (unpaired) electrons. The maximum absolute atomic E-state index is 12.9. The Kier molecular flexibility index (Phi) is 4.81. The van der Waals surface area contributed by atoms with Gasteiger partial charge in [-0.1, -0.05) is 72.8 Å². The summed E-state index contributed by atoms with van der Waals surface area (Å²) in [6.45, 7) is 0.664. The van der Waals surface area contributed by atoms with Gasteiger partial charge in [0.15, 0.2) is 0 Å². The average molecular weight is 357 g/mol. The van der Waals surface area contributed by atoms with Crippen molar-refractivity contribution >= 4 is 11.8 Å². The fourth-order valence-electron chi connectivity index (χ4n) is 3.35. The first-order chi connectivity index (χ1) is 13.3. The highest BCUT2D eigenvalue weighted by Gasteiger charge is 2.40. The third-order valence-corrected chi connectivity index (χ3v) is 4.71. The Morgan fingerprint density at radius 2 is 1.22 bits per heavy atom.